The first-order valence-electron chi connectivity index (χ1n) is 7.54. The molecule has 0 saturated carbocycles. The van der Waals surface area contributed by atoms with Crippen molar-refractivity contribution >= 4 is 5.78 Å². The Morgan fingerprint density at radius 2 is 1.88 bits per heavy atom. The number of aliphatic hydroxyl groups excluding tert-OH is 1. The molecule has 2 unspecified atom stereocenters. The number of ether oxygens (including phenoxy) is 1. The Bertz CT molecular complexity index is 673. The number of aliphatic hydroxyl groups is 1. The van der Waals surface area contributed by atoms with E-state index >= 15 is 0 Å². The fourth-order valence-electron chi connectivity index (χ4n) is 2.25. The summed E-state index contributed by atoms with van der Waals surface area (Å²) in [5.74, 6) is 0.558. The second-order valence-electron chi connectivity index (χ2n) is 5.36. The second kappa shape index (κ2) is 9.88. The van der Waals surface area contributed by atoms with Crippen LogP contribution in [0, 0.1) is 0 Å². The maximum Gasteiger partial charge on any atom is 0.191 e. The second-order valence-corrected chi connectivity index (χ2v) is 5.36. The standard InChI is InChI=1S/C19H21NO3.ClH/c1-14(19(22)15-7-4-3-5-8-15)20-12-11-18(21)16-9-6-10-17(13-16)23-2;/h3-14,19-20,22H,1-2H3;1H/b12-11+;. The molecular formula is C19H22ClNO3. The fourth-order valence-corrected chi connectivity index (χ4v) is 2.25. The van der Waals surface area contributed by atoms with Crippen molar-refractivity contribution < 1.29 is 32.4 Å². The van der Waals surface area contributed by atoms with Gasteiger partial charge in [0.2, 0.25) is 0 Å². The van der Waals surface area contributed by atoms with Gasteiger partial charge in [0.1, 0.15) is 17.9 Å². The van der Waals surface area contributed by atoms with Crippen molar-refractivity contribution in [2.24, 2.45) is 0 Å². The zero-order chi connectivity index (χ0) is 16.7. The number of hydrogen-bond acceptors (Lipinski definition) is 3. The zero-order valence-electron chi connectivity index (χ0n) is 13.7. The van der Waals surface area contributed by atoms with Crippen LogP contribution >= 0.6 is 0 Å². The SMILES string of the molecule is COc1cccc(C(=O)/C=C/[NH2+]C(C)C(O)c2ccccc2)c1.[Cl-]. The van der Waals surface area contributed by atoms with Crippen molar-refractivity contribution in [1.29, 1.82) is 0 Å². The maximum absolute atomic E-state index is 12.1. The summed E-state index contributed by atoms with van der Waals surface area (Å²) in [5, 5.41) is 12.1. The first-order valence-corrected chi connectivity index (χ1v) is 7.54. The van der Waals surface area contributed by atoms with Gasteiger partial charge >= 0.3 is 0 Å². The number of ketones is 1. The summed E-state index contributed by atoms with van der Waals surface area (Å²) in [6.07, 6.45) is 2.61. The van der Waals surface area contributed by atoms with Crippen LogP contribution in [0.4, 0.5) is 0 Å². The molecule has 5 heteroatoms. The Kier molecular flexibility index (Phi) is 8.19. The predicted molar refractivity (Wildman–Crippen MR) is 89.3 cm³/mol. The lowest BCUT2D eigenvalue weighted by Gasteiger charge is -2.15. The molecule has 0 bridgehead atoms. The van der Waals surface area contributed by atoms with E-state index in [0.29, 0.717) is 11.3 Å². The van der Waals surface area contributed by atoms with E-state index in [1.54, 1.807) is 37.6 Å². The van der Waals surface area contributed by atoms with Crippen molar-refractivity contribution in [2.45, 2.75) is 19.1 Å². The number of rotatable bonds is 7. The molecule has 2 aromatic rings. The molecule has 0 radical (unpaired) electrons. The van der Waals surface area contributed by atoms with Gasteiger partial charge in [-0.3, -0.25) is 4.79 Å². The van der Waals surface area contributed by atoms with Gasteiger partial charge in [-0.2, -0.15) is 0 Å². The van der Waals surface area contributed by atoms with Crippen LogP contribution in [0.1, 0.15) is 28.9 Å². The molecule has 0 fully saturated rings. The van der Waals surface area contributed by atoms with E-state index in [1.165, 1.54) is 6.08 Å². The highest BCUT2D eigenvalue weighted by atomic mass is 35.5. The average molecular weight is 348 g/mol. The summed E-state index contributed by atoms with van der Waals surface area (Å²) in [4.78, 5) is 12.1. The maximum atomic E-state index is 12.1. The van der Waals surface area contributed by atoms with Crippen molar-refractivity contribution in [3.63, 3.8) is 0 Å². The van der Waals surface area contributed by atoms with E-state index in [1.807, 2.05) is 42.6 Å². The van der Waals surface area contributed by atoms with Gasteiger partial charge in [-0.25, -0.2) is 0 Å². The minimum atomic E-state index is -0.590. The van der Waals surface area contributed by atoms with Gasteiger partial charge in [-0.05, 0) is 24.6 Å². The monoisotopic (exact) mass is 347 g/mol. The van der Waals surface area contributed by atoms with E-state index in [-0.39, 0.29) is 24.2 Å². The molecule has 3 N–H and O–H groups in total. The van der Waals surface area contributed by atoms with Crippen LogP contribution < -0.4 is 22.5 Å². The lowest BCUT2D eigenvalue weighted by atomic mass is 10.0. The van der Waals surface area contributed by atoms with Gasteiger partial charge in [0.25, 0.3) is 0 Å². The first kappa shape index (κ1) is 19.9. The van der Waals surface area contributed by atoms with Crippen molar-refractivity contribution in [2.75, 3.05) is 7.11 Å². The number of nitrogens with two attached hydrogens (primary N) is 1. The van der Waals surface area contributed by atoms with Crippen LogP contribution in [0.3, 0.4) is 0 Å². The van der Waals surface area contributed by atoms with Crippen molar-refractivity contribution in [3.8, 4) is 5.75 Å². The molecule has 2 aromatic carbocycles. The third-order valence-electron chi connectivity index (χ3n) is 3.66. The summed E-state index contributed by atoms with van der Waals surface area (Å²) in [6, 6.07) is 16.4. The Balaban J connectivity index is 0.00000288. The van der Waals surface area contributed by atoms with E-state index in [9.17, 15) is 9.90 Å². The molecule has 0 heterocycles. The smallest absolute Gasteiger partial charge is 0.191 e. The van der Waals surface area contributed by atoms with E-state index < -0.39 is 6.10 Å². The highest BCUT2D eigenvalue weighted by Gasteiger charge is 2.17. The highest BCUT2D eigenvalue weighted by molar-refractivity contribution is 6.04. The Morgan fingerprint density at radius 3 is 2.54 bits per heavy atom. The predicted octanol–water partition coefficient (Wildman–Crippen LogP) is -0.919. The van der Waals surface area contributed by atoms with Crippen LogP contribution in [0.15, 0.2) is 66.9 Å². The highest BCUT2D eigenvalue weighted by Crippen LogP contribution is 2.14. The number of quaternary nitrogens is 1. The lowest BCUT2D eigenvalue weighted by Crippen LogP contribution is -3.00. The minimum absolute atomic E-state index is 0. The molecule has 0 aliphatic rings. The van der Waals surface area contributed by atoms with Crippen LogP contribution in [-0.4, -0.2) is 24.0 Å². The van der Waals surface area contributed by atoms with Gasteiger partial charge < -0.3 is 27.6 Å². The Labute approximate surface area is 148 Å². The number of carbonyl (C=O) groups excluding carboxylic acids is 1. The van der Waals surface area contributed by atoms with E-state index in [0.717, 1.165) is 5.56 Å². The normalized spacial score (nSPS) is 13.1. The molecule has 0 spiro atoms. The number of hydrogen-bond donors (Lipinski definition) is 2. The molecule has 0 aliphatic heterocycles. The van der Waals surface area contributed by atoms with Crippen LogP contribution in [0.25, 0.3) is 0 Å². The molecule has 0 saturated heterocycles. The number of methoxy groups -OCH3 is 1. The first-order chi connectivity index (χ1) is 11.1. The molecule has 4 nitrogen and oxygen atoms in total. The van der Waals surface area contributed by atoms with Gasteiger partial charge in [-0.1, -0.05) is 42.5 Å². The van der Waals surface area contributed by atoms with Gasteiger partial charge in [-0.15, -0.1) is 0 Å². The molecule has 24 heavy (non-hydrogen) atoms. The molecule has 2 atom stereocenters. The van der Waals surface area contributed by atoms with Crippen LogP contribution in [-0.2, 0) is 0 Å². The summed E-state index contributed by atoms with van der Waals surface area (Å²) < 4.78 is 5.11. The molecule has 2 rings (SSSR count). The molecular weight excluding hydrogens is 326 g/mol. The summed E-state index contributed by atoms with van der Waals surface area (Å²) in [6.45, 7) is 1.91. The molecule has 0 amide bonds. The largest absolute Gasteiger partial charge is 1.00 e. The summed E-state index contributed by atoms with van der Waals surface area (Å²) in [5.41, 5.74) is 1.44. The lowest BCUT2D eigenvalue weighted by molar-refractivity contribution is -0.632. The van der Waals surface area contributed by atoms with Crippen molar-refractivity contribution in [1.82, 2.24) is 0 Å². The third-order valence-corrected chi connectivity index (χ3v) is 3.66. The Hall–Kier alpha value is -2.14. The zero-order valence-corrected chi connectivity index (χ0v) is 14.5. The van der Waals surface area contributed by atoms with E-state index in [2.05, 4.69) is 0 Å². The summed E-state index contributed by atoms with van der Waals surface area (Å²) in [7, 11) is 1.57. The quantitative estimate of drug-likeness (QED) is 0.503. The number of allylic oxidation sites excluding steroid dienone is 1. The topological polar surface area (TPSA) is 63.1 Å². The molecule has 128 valence electrons. The number of halogens is 1. The molecule has 0 aliphatic carbocycles. The van der Waals surface area contributed by atoms with Crippen LogP contribution in [0.2, 0.25) is 0 Å². The Morgan fingerprint density at radius 1 is 1.17 bits per heavy atom. The minimum Gasteiger partial charge on any atom is -1.00 e. The fraction of sp³-hybridized carbons (Fsp3) is 0.211. The molecule has 0 aromatic heterocycles. The van der Waals surface area contributed by atoms with Gasteiger partial charge in [0.15, 0.2) is 5.78 Å². The van der Waals surface area contributed by atoms with E-state index in [4.69, 9.17) is 4.74 Å². The summed E-state index contributed by atoms with van der Waals surface area (Å²) >= 11 is 0. The van der Waals surface area contributed by atoms with Crippen molar-refractivity contribution in [3.05, 3.63) is 78.0 Å². The van der Waals surface area contributed by atoms with Crippen LogP contribution in [0.5, 0.6) is 5.75 Å². The average Bonchev–Trinajstić information content (AvgIpc) is 2.61. The number of carbonyl (C=O) groups is 1. The number of benzene rings is 2. The van der Waals surface area contributed by atoms with Gasteiger partial charge in [0.05, 0.1) is 13.3 Å². The van der Waals surface area contributed by atoms with Gasteiger partial charge in [0, 0.05) is 11.6 Å². The third kappa shape index (κ3) is 5.49.